The molecule has 0 radical (unpaired) electrons. The number of hydrogen-bond acceptors (Lipinski definition) is 5. The minimum absolute atomic E-state index is 0.0138. The highest BCUT2D eigenvalue weighted by Gasteiger charge is 2.60. The fraction of sp³-hybridized carbons (Fsp3) is 0.737. The number of Topliss-reactive ketones (excluding diaryl/α,β-unsaturated/α-hetero) is 1. The van der Waals surface area contributed by atoms with Gasteiger partial charge in [-0.3, -0.25) is 4.79 Å². The van der Waals surface area contributed by atoms with E-state index in [9.17, 15) is 9.90 Å². The van der Waals surface area contributed by atoms with Gasteiger partial charge in [0.05, 0.1) is 0 Å². The molecular formula is C19H24N2O3. The highest BCUT2D eigenvalue weighted by molar-refractivity contribution is 5.95. The second-order valence-electron chi connectivity index (χ2n) is 8.80. The first kappa shape index (κ1) is 14.7. The van der Waals surface area contributed by atoms with Crippen molar-refractivity contribution < 1.29 is 14.5 Å². The summed E-state index contributed by atoms with van der Waals surface area (Å²) in [5.74, 6) is 1.76. The molecule has 2 fully saturated rings. The van der Waals surface area contributed by atoms with Crippen LogP contribution in [0.5, 0.6) is 0 Å². The minimum Gasteiger partial charge on any atom is -0.504 e. The highest BCUT2D eigenvalue weighted by Crippen LogP contribution is 2.64. The predicted octanol–water partition coefficient (Wildman–Crippen LogP) is 3.50. The number of carbonyl (C=O) groups excluding carboxylic acids is 1. The van der Waals surface area contributed by atoms with Crippen LogP contribution in [-0.2, 0) is 16.6 Å². The van der Waals surface area contributed by atoms with Crippen molar-refractivity contribution in [2.75, 3.05) is 0 Å². The van der Waals surface area contributed by atoms with Gasteiger partial charge in [0.25, 0.3) is 0 Å². The van der Waals surface area contributed by atoms with Crippen LogP contribution in [0.2, 0.25) is 0 Å². The van der Waals surface area contributed by atoms with Crippen molar-refractivity contribution in [3.05, 3.63) is 22.7 Å². The van der Waals surface area contributed by atoms with Gasteiger partial charge in [0.2, 0.25) is 0 Å². The molecule has 2 unspecified atom stereocenters. The summed E-state index contributed by atoms with van der Waals surface area (Å²) in [6.45, 7) is 4.62. The number of rotatable bonds is 0. The first-order chi connectivity index (χ1) is 11.4. The van der Waals surface area contributed by atoms with E-state index in [4.69, 9.17) is 4.63 Å². The van der Waals surface area contributed by atoms with E-state index >= 15 is 0 Å². The summed E-state index contributed by atoms with van der Waals surface area (Å²) in [5.41, 5.74) is 3.25. The molecule has 0 amide bonds. The Labute approximate surface area is 141 Å². The van der Waals surface area contributed by atoms with Crippen LogP contribution in [0.25, 0.3) is 0 Å². The lowest BCUT2D eigenvalue weighted by Crippen LogP contribution is -2.51. The zero-order chi connectivity index (χ0) is 16.7. The summed E-state index contributed by atoms with van der Waals surface area (Å²) in [7, 11) is 0. The smallest absolute Gasteiger partial charge is 0.197 e. The standard InChI is InChI=1S/C19H24N2O3/c1-18-8-6-15(22)16(23)12(18)4-3-10-11(18)5-7-19(2)13(10)9-14-17(19)21-24-20-14/h10-11,13,23H,3-9H2,1-2H3/t10-,11?,13?,18-,19+/m0/s1. The molecule has 5 rings (SSSR count). The molecule has 4 aliphatic carbocycles. The number of ketones is 1. The largest absolute Gasteiger partial charge is 0.504 e. The lowest BCUT2D eigenvalue weighted by atomic mass is 9.47. The van der Waals surface area contributed by atoms with Gasteiger partial charge >= 0.3 is 0 Å². The van der Waals surface area contributed by atoms with E-state index in [0.717, 1.165) is 55.5 Å². The maximum Gasteiger partial charge on any atom is 0.197 e. The fourth-order valence-electron chi connectivity index (χ4n) is 6.66. The SMILES string of the molecule is C[C@@]12CCC3[C@H](CCC4=C(O)C(=O)CC[C@]43C)C1Cc1nonc12. The molecule has 1 aromatic rings. The van der Waals surface area contributed by atoms with Gasteiger partial charge in [0, 0.05) is 11.8 Å². The second-order valence-corrected chi connectivity index (χ2v) is 8.80. The third-order valence-electron chi connectivity index (χ3n) is 7.99. The molecule has 1 N–H and O–H groups in total. The quantitative estimate of drug-likeness (QED) is 0.789. The summed E-state index contributed by atoms with van der Waals surface area (Å²) in [6.07, 6.45) is 6.50. The number of carbonyl (C=O) groups is 1. The van der Waals surface area contributed by atoms with E-state index in [1.807, 2.05) is 0 Å². The Balaban J connectivity index is 1.55. The van der Waals surface area contributed by atoms with Gasteiger partial charge in [0.1, 0.15) is 11.4 Å². The number of hydrogen-bond donors (Lipinski definition) is 1. The van der Waals surface area contributed by atoms with Crippen LogP contribution in [0, 0.1) is 23.2 Å². The number of aliphatic hydroxyl groups excluding tert-OH is 1. The summed E-state index contributed by atoms with van der Waals surface area (Å²) >= 11 is 0. The van der Waals surface area contributed by atoms with Crippen LogP contribution in [0.15, 0.2) is 16.0 Å². The summed E-state index contributed by atoms with van der Waals surface area (Å²) in [4.78, 5) is 12.0. The van der Waals surface area contributed by atoms with Crippen molar-refractivity contribution in [2.45, 2.75) is 64.2 Å². The Morgan fingerprint density at radius 3 is 2.75 bits per heavy atom. The van der Waals surface area contributed by atoms with Crippen molar-refractivity contribution in [1.82, 2.24) is 10.3 Å². The van der Waals surface area contributed by atoms with E-state index in [0.29, 0.717) is 24.2 Å². The Morgan fingerprint density at radius 1 is 1.08 bits per heavy atom. The first-order valence-corrected chi connectivity index (χ1v) is 9.23. The zero-order valence-electron chi connectivity index (χ0n) is 14.3. The fourth-order valence-corrected chi connectivity index (χ4v) is 6.66. The molecule has 5 heteroatoms. The Kier molecular flexibility index (Phi) is 2.75. The maximum atomic E-state index is 12.0. The lowest BCUT2D eigenvalue weighted by Gasteiger charge is -2.57. The van der Waals surface area contributed by atoms with Crippen molar-refractivity contribution in [1.29, 1.82) is 0 Å². The molecule has 5 nitrogen and oxygen atoms in total. The van der Waals surface area contributed by atoms with Gasteiger partial charge < -0.3 is 5.11 Å². The molecule has 0 aliphatic heterocycles. The molecule has 1 aromatic heterocycles. The van der Waals surface area contributed by atoms with Crippen molar-refractivity contribution >= 4 is 5.78 Å². The molecule has 128 valence electrons. The topological polar surface area (TPSA) is 76.2 Å². The molecule has 0 saturated heterocycles. The second kappa shape index (κ2) is 4.50. The molecule has 5 atom stereocenters. The minimum atomic E-state index is -0.0576. The van der Waals surface area contributed by atoms with Gasteiger partial charge in [-0.25, -0.2) is 4.63 Å². The molecule has 1 heterocycles. The van der Waals surface area contributed by atoms with Crippen LogP contribution in [0.1, 0.15) is 63.8 Å². The van der Waals surface area contributed by atoms with Gasteiger partial charge in [-0.1, -0.05) is 24.2 Å². The summed E-state index contributed by atoms with van der Waals surface area (Å²) < 4.78 is 4.99. The van der Waals surface area contributed by atoms with E-state index in [-0.39, 0.29) is 22.4 Å². The molecular weight excluding hydrogens is 304 g/mol. The van der Waals surface area contributed by atoms with Crippen LogP contribution in [-0.4, -0.2) is 21.2 Å². The normalized spacial score (nSPS) is 43.9. The summed E-state index contributed by atoms with van der Waals surface area (Å²) in [6, 6.07) is 0. The summed E-state index contributed by atoms with van der Waals surface area (Å²) in [5, 5.41) is 18.7. The lowest BCUT2D eigenvalue weighted by molar-refractivity contribution is -0.121. The van der Waals surface area contributed by atoms with Crippen LogP contribution >= 0.6 is 0 Å². The van der Waals surface area contributed by atoms with Crippen molar-refractivity contribution in [3.63, 3.8) is 0 Å². The number of allylic oxidation sites excluding steroid dienone is 2. The van der Waals surface area contributed by atoms with Crippen LogP contribution in [0.3, 0.4) is 0 Å². The van der Waals surface area contributed by atoms with E-state index in [1.54, 1.807) is 0 Å². The van der Waals surface area contributed by atoms with E-state index in [2.05, 4.69) is 24.2 Å². The third kappa shape index (κ3) is 1.58. The van der Waals surface area contributed by atoms with Crippen LogP contribution < -0.4 is 0 Å². The van der Waals surface area contributed by atoms with Crippen molar-refractivity contribution in [2.24, 2.45) is 23.2 Å². The molecule has 4 aliphatic rings. The number of nitrogens with zero attached hydrogens (tertiary/aromatic N) is 2. The monoisotopic (exact) mass is 328 g/mol. The third-order valence-corrected chi connectivity index (χ3v) is 7.99. The maximum absolute atomic E-state index is 12.0. The molecule has 0 spiro atoms. The number of aromatic nitrogens is 2. The van der Waals surface area contributed by atoms with Gasteiger partial charge in [-0.2, -0.15) is 0 Å². The molecule has 0 bridgehead atoms. The Hall–Kier alpha value is -1.65. The number of fused-ring (bicyclic) bond motifs is 7. The van der Waals surface area contributed by atoms with Crippen molar-refractivity contribution in [3.8, 4) is 0 Å². The Morgan fingerprint density at radius 2 is 1.92 bits per heavy atom. The zero-order valence-corrected chi connectivity index (χ0v) is 14.3. The first-order valence-electron chi connectivity index (χ1n) is 9.23. The van der Waals surface area contributed by atoms with E-state index < -0.39 is 0 Å². The molecule has 24 heavy (non-hydrogen) atoms. The molecule has 0 aromatic carbocycles. The van der Waals surface area contributed by atoms with E-state index in [1.165, 1.54) is 0 Å². The number of aliphatic hydroxyl groups is 1. The predicted molar refractivity (Wildman–Crippen MR) is 86.3 cm³/mol. The Bertz CT molecular complexity index is 766. The van der Waals surface area contributed by atoms with Gasteiger partial charge in [-0.15, -0.1) is 0 Å². The van der Waals surface area contributed by atoms with Crippen LogP contribution in [0.4, 0.5) is 0 Å². The average molecular weight is 328 g/mol. The highest BCUT2D eigenvalue weighted by atomic mass is 16.6. The molecule has 2 saturated carbocycles. The van der Waals surface area contributed by atoms with Gasteiger partial charge in [-0.05, 0) is 67.3 Å². The average Bonchev–Trinajstić information content (AvgIpc) is 3.12. The van der Waals surface area contributed by atoms with Gasteiger partial charge in [0.15, 0.2) is 11.5 Å².